The van der Waals surface area contributed by atoms with Crippen LogP contribution in [-0.2, 0) is 22.5 Å². The fourth-order valence-corrected chi connectivity index (χ4v) is 1.34. The van der Waals surface area contributed by atoms with Crippen molar-refractivity contribution in [2.24, 2.45) is 5.73 Å². The van der Waals surface area contributed by atoms with Crippen LogP contribution in [0.5, 0.6) is 0 Å². The minimum absolute atomic E-state index is 0.00578. The highest BCUT2D eigenvalue weighted by Gasteiger charge is 2.19. The van der Waals surface area contributed by atoms with Crippen molar-refractivity contribution in [3.63, 3.8) is 0 Å². The second kappa shape index (κ2) is 5.53. The van der Waals surface area contributed by atoms with Crippen molar-refractivity contribution in [2.45, 2.75) is 19.4 Å². The van der Waals surface area contributed by atoms with Crippen LogP contribution >= 0.6 is 0 Å². The first-order valence-electron chi connectivity index (χ1n) is 4.82. The molecule has 1 heterocycles. The highest BCUT2D eigenvalue weighted by molar-refractivity contribution is 5.75. The van der Waals surface area contributed by atoms with Gasteiger partial charge in [-0.15, -0.1) is 0 Å². The number of anilines is 1. The SMILES string of the molecule is COC(=O)Cc1cc(CN)nc(C(F)F)c1N. The number of esters is 1. The minimum Gasteiger partial charge on any atom is -0.469 e. The highest BCUT2D eigenvalue weighted by Crippen LogP contribution is 2.27. The number of alkyl halides is 2. The third kappa shape index (κ3) is 3.10. The number of methoxy groups -OCH3 is 1. The molecular formula is C10H13F2N3O2. The normalized spacial score (nSPS) is 10.6. The smallest absolute Gasteiger partial charge is 0.310 e. The number of pyridine rings is 1. The summed E-state index contributed by atoms with van der Waals surface area (Å²) in [7, 11) is 1.21. The number of aromatic nitrogens is 1. The summed E-state index contributed by atoms with van der Waals surface area (Å²) in [5.41, 5.74) is 10.6. The van der Waals surface area contributed by atoms with Crippen LogP contribution in [0.15, 0.2) is 6.07 Å². The standard InChI is InChI=1S/C10H13F2N3O2/c1-17-7(16)3-5-2-6(4-13)15-9(8(5)14)10(11)12/h2,10H,3-4,13-14H2,1H3. The van der Waals surface area contributed by atoms with Gasteiger partial charge in [0.1, 0.15) is 5.69 Å². The number of halogens is 2. The molecule has 0 saturated heterocycles. The molecule has 0 aliphatic heterocycles. The van der Waals surface area contributed by atoms with E-state index in [4.69, 9.17) is 11.5 Å². The third-order valence-corrected chi connectivity index (χ3v) is 2.21. The van der Waals surface area contributed by atoms with Crippen molar-refractivity contribution in [2.75, 3.05) is 12.8 Å². The third-order valence-electron chi connectivity index (χ3n) is 2.21. The van der Waals surface area contributed by atoms with Gasteiger partial charge in [0.2, 0.25) is 0 Å². The van der Waals surface area contributed by atoms with Crippen LogP contribution in [0.2, 0.25) is 0 Å². The van der Waals surface area contributed by atoms with Crippen molar-refractivity contribution in [1.29, 1.82) is 0 Å². The lowest BCUT2D eigenvalue weighted by atomic mass is 10.1. The molecule has 1 aromatic heterocycles. The van der Waals surface area contributed by atoms with Crippen molar-refractivity contribution in [3.8, 4) is 0 Å². The lowest BCUT2D eigenvalue weighted by molar-refractivity contribution is -0.139. The summed E-state index contributed by atoms with van der Waals surface area (Å²) in [6, 6.07) is 1.43. The molecule has 0 spiro atoms. The summed E-state index contributed by atoms with van der Waals surface area (Å²) in [6.45, 7) is -0.00578. The fourth-order valence-electron chi connectivity index (χ4n) is 1.34. The van der Waals surface area contributed by atoms with Gasteiger partial charge in [-0.2, -0.15) is 0 Å². The second-order valence-corrected chi connectivity index (χ2v) is 3.33. The predicted octanol–water partition coefficient (Wildman–Crippen LogP) is 0.776. The molecule has 5 nitrogen and oxygen atoms in total. The molecule has 1 aromatic rings. The van der Waals surface area contributed by atoms with Gasteiger partial charge in [0.25, 0.3) is 6.43 Å². The van der Waals surface area contributed by atoms with Gasteiger partial charge < -0.3 is 16.2 Å². The van der Waals surface area contributed by atoms with E-state index in [0.717, 1.165) is 0 Å². The van der Waals surface area contributed by atoms with E-state index in [1.165, 1.54) is 13.2 Å². The fraction of sp³-hybridized carbons (Fsp3) is 0.400. The Bertz CT molecular complexity index is 424. The molecule has 4 N–H and O–H groups in total. The maximum absolute atomic E-state index is 12.6. The number of rotatable bonds is 4. The first-order valence-corrected chi connectivity index (χ1v) is 4.82. The van der Waals surface area contributed by atoms with Gasteiger partial charge >= 0.3 is 5.97 Å². The van der Waals surface area contributed by atoms with E-state index in [1.54, 1.807) is 0 Å². The van der Waals surface area contributed by atoms with Crippen LogP contribution in [-0.4, -0.2) is 18.1 Å². The Kier molecular flexibility index (Phi) is 4.33. The Hall–Kier alpha value is -1.76. The predicted molar refractivity (Wildman–Crippen MR) is 57.2 cm³/mol. The average molecular weight is 245 g/mol. The average Bonchev–Trinajstić information content (AvgIpc) is 2.31. The zero-order valence-corrected chi connectivity index (χ0v) is 9.24. The van der Waals surface area contributed by atoms with Gasteiger partial charge in [0.05, 0.1) is 24.9 Å². The van der Waals surface area contributed by atoms with Gasteiger partial charge in [-0.1, -0.05) is 0 Å². The van der Waals surface area contributed by atoms with E-state index in [1.807, 2.05) is 0 Å². The molecule has 0 aromatic carbocycles. The first kappa shape index (κ1) is 13.3. The molecule has 0 fully saturated rings. The van der Waals surface area contributed by atoms with Crippen molar-refractivity contribution < 1.29 is 18.3 Å². The molecule has 0 aliphatic carbocycles. The van der Waals surface area contributed by atoms with Crippen molar-refractivity contribution in [3.05, 3.63) is 23.0 Å². The molecule has 94 valence electrons. The number of carbonyl (C=O) groups is 1. The van der Waals surface area contributed by atoms with Gasteiger partial charge in [0, 0.05) is 6.54 Å². The molecule has 0 atom stereocenters. The summed E-state index contributed by atoms with van der Waals surface area (Å²) >= 11 is 0. The number of hydrogen-bond acceptors (Lipinski definition) is 5. The second-order valence-electron chi connectivity index (χ2n) is 3.33. The number of carbonyl (C=O) groups excluding carboxylic acids is 1. The molecule has 7 heteroatoms. The van der Waals surface area contributed by atoms with Crippen molar-refractivity contribution >= 4 is 11.7 Å². The molecule has 0 unspecified atom stereocenters. The zero-order chi connectivity index (χ0) is 13.0. The molecule has 1 rings (SSSR count). The number of nitrogens with zero attached hydrogens (tertiary/aromatic N) is 1. The Labute approximate surface area is 96.8 Å². The summed E-state index contributed by atoms with van der Waals surface area (Å²) in [5.74, 6) is -0.564. The molecule has 0 aliphatic rings. The summed E-state index contributed by atoms with van der Waals surface area (Å²) in [5, 5.41) is 0. The molecular weight excluding hydrogens is 232 g/mol. The Balaban J connectivity index is 3.19. The van der Waals surface area contributed by atoms with Crippen LogP contribution in [0.1, 0.15) is 23.4 Å². The summed E-state index contributed by atoms with van der Waals surface area (Å²) in [6.07, 6.45) is -2.99. The molecule has 0 saturated carbocycles. The van der Waals surface area contributed by atoms with E-state index in [2.05, 4.69) is 9.72 Å². The van der Waals surface area contributed by atoms with Crippen LogP contribution in [0, 0.1) is 0 Å². The maximum atomic E-state index is 12.6. The molecule has 0 bridgehead atoms. The van der Waals surface area contributed by atoms with E-state index < -0.39 is 18.1 Å². The minimum atomic E-state index is -2.81. The molecule has 0 amide bonds. The van der Waals surface area contributed by atoms with Gasteiger partial charge in [-0.05, 0) is 11.6 Å². The van der Waals surface area contributed by atoms with Crippen LogP contribution < -0.4 is 11.5 Å². The Morgan fingerprint density at radius 3 is 2.71 bits per heavy atom. The first-order chi connectivity index (χ1) is 7.99. The highest BCUT2D eigenvalue weighted by atomic mass is 19.3. The lowest BCUT2D eigenvalue weighted by Crippen LogP contribution is -2.12. The lowest BCUT2D eigenvalue weighted by Gasteiger charge is -2.11. The largest absolute Gasteiger partial charge is 0.469 e. The van der Waals surface area contributed by atoms with Gasteiger partial charge in [0.15, 0.2) is 0 Å². The van der Waals surface area contributed by atoms with Gasteiger partial charge in [-0.25, -0.2) is 13.8 Å². The van der Waals surface area contributed by atoms with Crippen LogP contribution in [0.4, 0.5) is 14.5 Å². The monoisotopic (exact) mass is 245 g/mol. The number of nitrogen functional groups attached to an aromatic ring is 1. The van der Waals surface area contributed by atoms with E-state index in [0.29, 0.717) is 0 Å². The quantitative estimate of drug-likeness (QED) is 0.765. The van der Waals surface area contributed by atoms with Crippen molar-refractivity contribution in [1.82, 2.24) is 4.98 Å². The zero-order valence-electron chi connectivity index (χ0n) is 9.24. The van der Waals surface area contributed by atoms with Crippen LogP contribution in [0.3, 0.4) is 0 Å². The molecule has 0 radical (unpaired) electrons. The van der Waals surface area contributed by atoms with E-state index in [9.17, 15) is 13.6 Å². The van der Waals surface area contributed by atoms with Crippen LogP contribution in [0.25, 0.3) is 0 Å². The number of nitrogens with two attached hydrogens (primary N) is 2. The Morgan fingerprint density at radius 1 is 1.59 bits per heavy atom. The van der Waals surface area contributed by atoms with Gasteiger partial charge in [-0.3, -0.25) is 4.79 Å². The number of hydrogen-bond donors (Lipinski definition) is 2. The molecule has 17 heavy (non-hydrogen) atoms. The summed E-state index contributed by atoms with van der Waals surface area (Å²) < 4.78 is 29.7. The van der Waals surface area contributed by atoms with E-state index >= 15 is 0 Å². The summed E-state index contributed by atoms with van der Waals surface area (Å²) in [4.78, 5) is 14.7. The Morgan fingerprint density at radius 2 is 2.24 bits per heavy atom. The number of ether oxygens (including phenoxy) is 1. The topological polar surface area (TPSA) is 91.2 Å². The maximum Gasteiger partial charge on any atom is 0.310 e. The van der Waals surface area contributed by atoms with E-state index in [-0.39, 0.29) is 29.9 Å².